The van der Waals surface area contributed by atoms with Crippen molar-refractivity contribution in [2.24, 2.45) is 0 Å². The monoisotopic (exact) mass is 206 g/mol. The molecule has 0 heterocycles. The SMILES string of the molecule is C=C=C(CSCc1ccccc1)OC. The molecule has 0 fully saturated rings. The van der Waals surface area contributed by atoms with Gasteiger partial charge in [-0.15, -0.1) is 11.8 Å². The first-order chi connectivity index (χ1) is 6.86. The summed E-state index contributed by atoms with van der Waals surface area (Å²) in [5, 5.41) is 0. The molecule has 0 unspecified atom stereocenters. The van der Waals surface area contributed by atoms with Crippen molar-refractivity contribution in [2.45, 2.75) is 5.75 Å². The van der Waals surface area contributed by atoms with Gasteiger partial charge in [0.05, 0.1) is 12.9 Å². The summed E-state index contributed by atoms with van der Waals surface area (Å²) in [7, 11) is 1.65. The fourth-order valence-electron chi connectivity index (χ4n) is 1.02. The van der Waals surface area contributed by atoms with Gasteiger partial charge in [-0.2, -0.15) is 0 Å². The first-order valence-corrected chi connectivity index (χ1v) is 5.57. The first kappa shape index (κ1) is 11.0. The molecule has 0 amide bonds. The van der Waals surface area contributed by atoms with Crippen molar-refractivity contribution in [1.82, 2.24) is 0 Å². The molecule has 0 N–H and O–H groups in total. The fourth-order valence-corrected chi connectivity index (χ4v) is 1.95. The van der Waals surface area contributed by atoms with E-state index in [1.165, 1.54) is 5.56 Å². The molecule has 14 heavy (non-hydrogen) atoms. The number of hydrogen-bond acceptors (Lipinski definition) is 2. The van der Waals surface area contributed by atoms with E-state index in [4.69, 9.17) is 4.74 Å². The minimum absolute atomic E-state index is 0.811. The van der Waals surface area contributed by atoms with Gasteiger partial charge >= 0.3 is 0 Å². The third kappa shape index (κ3) is 3.73. The molecule has 0 bridgehead atoms. The molecule has 1 aromatic rings. The highest BCUT2D eigenvalue weighted by molar-refractivity contribution is 7.98. The van der Waals surface area contributed by atoms with E-state index in [0.717, 1.165) is 17.3 Å². The summed E-state index contributed by atoms with van der Waals surface area (Å²) < 4.78 is 5.06. The van der Waals surface area contributed by atoms with Crippen molar-refractivity contribution in [3.05, 3.63) is 54.0 Å². The lowest BCUT2D eigenvalue weighted by Gasteiger charge is -2.03. The zero-order valence-corrected chi connectivity index (χ0v) is 9.14. The van der Waals surface area contributed by atoms with E-state index in [0.29, 0.717) is 0 Å². The Morgan fingerprint density at radius 3 is 2.71 bits per heavy atom. The Labute approximate surface area is 89.5 Å². The molecule has 0 saturated heterocycles. The summed E-state index contributed by atoms with van der Waals surface area (Å²) in [6.45, 7) is 3.56. The lowest BCUT2D eigenvalue weighted by Crippen LogP contribution is -1.89. The van der Waals surface area contributed by atoms with Gasteiger partial charge in [-0.1, -0.05) is 42.6 Å². The Morgan fingerprint density at radius 1 is 1.43 bits per heavy atom. The summed E-state index contributed by atoms with van der Waals surface area (Å²) in [5.74, 6) is 2.63. The van der Waals surface area contributed by atoms with Crippen molar-refractivity contribution in [3.8, 4) is 0 Å². The van der Waals surface area contributed by atoms with Crippen LogP contribution in [0.1, 0.15) is 5.56 Å². The quantitative estimate of drug-likeness (QED) is 0.540. The number of thioether (sulfide) groups is 1. The molecule has 0 saturated carbocycles. The minimum atomic E-state index is 0.811. The van der Waals surface area contributed by atoms with E-state index in [1.54, 1.807) is 18.9 Å². The van der Waals surface area contributed by atoms with Crippen molar-refractivity contribution in [2.75, 3.05) is 12.9 Å². The Morgan fingerprint density at radius 2 is 2.14 bits per heavy atom. The maximum atomic E-state index is 5.06. The van der Waals surface area contributed by atoms with Gasteiger partial charge in [-0.25, -0.2) is 0 Å². The maximum absolute atomic E-state index is 5.06. The summed E-state index contributed by atoms with van der Waals surface area (Å²) in [6, 6.07) is 10.4. The van der Waals surface area contributed by atoms with Gasteiger partial charge in [-0.3, -0.25) is 0 Å². The normalized spacial score (nSPS) is 9.21. The largest absolute Gasteiger partial charge is 0.492 e. The number of methoxy groups -OCH3 is 1. The molecule has 1 aromatic carbocycles. The van der Waals surface area contributed by atoms with Gasteiger partial charge in [0.15, 0.2) is 0 Å². The van der Waals surface area contributed by atoms with Crippen LogP contribution in [0, 0.1) is 0 Å². The molecule has 0 spiro atoms. The van der Waals surface area contributed by atoms with Gasteiger partial charge in [0.1, 0.15) is 5.76 Å². The van der Waals surface area contributed by atoms with Gasteiger partial charge in [0, 0.05) is 5.75 Å². The Hall–Kier alpha value is -1.11. The molecular formula is C12H14OS. The van der Waals surface area contributed by atoms with Gasteiger partial charge in [0.2, 0.25) is 0 Å². The standard InChI is InChI=1S/C12H14OS/c1-3-12(13-2)10-14-9-11-7-5-4-6-8-11/h4-8H,1,9-10H2,2H3. The predicted octanol–water partition coefficient (Wildman–Crippen LogP) is 3.24. The molecule has 74 valence electrons. The third-order valence-electron chi connectivity index (χ3n) is 1.79. The van der Waals surface area contributed by atoms with Gasteiger partial charge in [-0.05, 0) is 5.56 Å². The highest BCUT2D eigenvalue weighted by Crippen LogP contribution is 2.14. The number of rotatable bonds is 5. The zero-order chi connectivity index (χ0) is 10.2. The highest BCUT2D eigenvalue weighted by Gasteiger charge is 1.96. The van der Waals surface area contributed by atoms with E-state index in [1.807, 2.05) is 6.07 Å². The number of benzene rings is 1. The Balaban J connectivity index is 2.32. The Kier molecular flexibility index (Phi) is 4.98. The first-order valence-electron chi connectivity index (χ1n) is 4.41. The second kappa shape index (κ2) is 6.36. The predicted molar refractivity (Wildman–Crippen MR) is 62.3 cm³/mol. The Bertz CT molecular complexity index is 312. The maximum Gasteiger partial charge on any atom is 0.147 e. The molecule has 0 radical (unpaired) electrons. The molecule has 0 aliphatic heterocycles. The smallest absolute Gasteiger partial charge is 0.147 e. The van der Waals surface area contributed by atoms with Crippen LogP contribution < -0.4 is 0 Å². The summed E-state index contributed by atoms with van der Waals surface area (Å²) >= 11 is 1.80. The average molecular weight is 206 g/mol. The molecule has 1 rings (SSSR count). The van der Waals surface area contributed by atoms with E-state index in [2.05, 4.69) is 36.6 Å². The molecule has 0 aliphatic carbocycles. The molecule has 2 heteroatoms. The van der Waals surface area contributed by atoms with Crippen LogP contribution in [0.3, 0.4) is 0 Å². The lowest BCUT2D eigenvalue weighted by atomic mass is 10.2. The second-order valence-corrected chi connectivity index (χ2v) is 3.77. The summed E-state index contributed by atoms with van der Waals surface area (Å²) in [5.41, 5.74) is 4.09. The van der Waals surface area contributed by atoms with E-state index in [-0.39, 0.29) is 0 Å². The van der Waals surface area contributed by atoms with Crippen LogP contribution in [-0.4, -0.2) is 12.9 Å². The van der Waals surface area contributed by atoms with Crippen LogP contribution in [0.2, 0.25) is 0 Å². The van der Waals surface area contributed by atoms with Crippen molar-refractivity contribution in [1.29, 1.82) is 0 Å². The topological polar surface area (TPSA) is 9.23 Å². The van der Waals surface area contributed by atoms with Gasteiger partial charge in [0.25, 0.3) is 0 Å². The highest BCUT2D eigenvalue weighted by atomic mass is 32.2. The number of hydrogen-bond donors (Lipinski definition) is 0. The van der Waals surface area contributed by atoms with E-state index >= 15 is 0 Å². The van der Waals surface area contributed by atoms with Crippen LogP contribution in [0.15, 0.2) is 48.4 Å². The zero-order valence-electron chi connectivity index (χ0n) is 8.32. The summed E-state index contributed by atoms with van der Waals surface area (Å²) in [4.78, 5) is 0. The fraction of sp³-hybridized carbons (Fsp3) is 0.250. The van der Waals surface area contributed by atoms with Crippen molar-refractivity contribution >= 4 is 11.8 Å². The van der Waals surface area contributed by atoms with Crippen LogP contribution >= 0.6 is 11.8 Å². The molecule has 0 aliphatic rings. The number of ether oxygens (including phenoxy) is 1. The average Bonchev–Trinajstić information content (AvgIpc) is 2.26. The molecular weight excluding hydrogens is 192 g/mol. The molecule has 0 aromatic heterocycles. The molecule has 0 atom stereocenters. The minimum Gasteiger partial charge on any atom is -0.492 e. The van der Waals surface area contributed by atoms with Crippen LogP contribution in [0.5, 0.6) is 0 Å². The van der Waals surface area contributed by atoms with Crippen molar-refractivity contribution in [3.63, 3.8) is 0 Å². The van der Waals surface area contributed by atoms with Crippen LogP contribution in [0.25, 0.3) is 0 Å². The van der Waals surface area contributed by atoms with E-state index in [9.17, 15) is 0 Å². The van der Waals surface area contributed by atoms with E-state index < -0.39 is 0 Å². The lowest BCUT2D eigenvalue weighted by molar-refractivity contribution is 0.297. The third-order valence-corrected chi connectivity index (χ3v) is 2.79. The second-order valence-electron chi connectivity index (χ2n) is 2.78. The van der Waals surface area contributed by atoms with Crippen LogP contribution in [0.4, 0.5) is 0 Å². The van der Waals surface area contributed by atoms with Crippen molar-refractivity contribution < 1.29 is 4.74 Å². The van der Waals surface area contributed by atoms with Gasteiger partial charge < -0.3 is 4.74 Å². The summed E-state index contributed by atoms with van der Waals surface area (Å²) in [6.07, 6.45) is 0. The molecule has 1 nitrogen and oxygen atoms in total. The van der Waals surface area contributed by atoms with Crippen LogP contribution in [-0.2, 0) is 10.5 Å².